The molecule has 1 fully saturated rings. The van der Waals surface area contributed by atoms with Crippen LogP contribution >= 0.6 is 0 Å². The molecule has 124 valence electrons. The van der Waals surface area contributed by atoms with Gasteiger partial charge < -0.3 is 10.6 Å². The normalized spacial score (nSPS) is 19.9. The largest absolute Gasteiger partial charge is 0.350 e. The predicted molar refractivity (Wildman–Crippen MR) is 87.1 cm³/mol. The fourth-order valence-corrected chi connectivity index (χ4v) is 3.27. The Labute approximate surface area is 134 Å². The maximum Gasteiger partial charge on any atom is 0.350 e. The zero-order chi connectivity index (χ0) is 16.4. The van der Waals surface area contributed by atoms with E-state index in [2.05, 4.69) is 5.10 Å². The predicted octanol–water partition coefficient (Wildman–Crippen LogP) is 0.614. The molecule has 1 amide bonds. The molecule has 2 unspecified atom stereocenters. The van der Waals surface area contributed by atoms with E-state index in [1.807, 2.05) is 17.9 Å². The lowest BCUT2D eigenvalue weighted by atomic mass is 9.96. The molecule has 2 N–H and O–H groups in total. The molecule has 3 rings (SSSR count). The molecule has 1 aliphatic heterocycles. The second-order valence-electron chi connectivity index (χ2n) is 6.19. The minimum Gasteiger partial charge on any atom is -0.338 e. The van der Waals surface area contributed by atoms with E-state index in [0.717, 1.165) is 25.8 Å². The molecule has 7 heteroatoms. The lowest BCUT2D eigenvalue weighted by Gasteiger charge is -2.38. The van der Waals surface area contributed by atoms with Gasteiger partial charge in [0, 0.05) is 31.2 Å². The number of hydrogen-bond acceptors (Lipinski definition) is 4. The van der Waals surface area contributed by atoms with Crippen molar-refractivity contribution in [1.82, 2.24) is 19.1 Å². The standard InChI is InChI=1S/C16H23N5O2/c1-12(17)13-6-2-4-9-19(13)15(22)8-11-21-16(23)20-10-5-3-7-14(20)18-21/h3,5,7,10,12-13H,2,4,6,8-9,11,17H2,1H3. The van der Waals surface area contributed by atoms with Crippen LogP contribution in [0.5, 0.6) is 0 Å². The quantitative estimate of drug-likeness (QED) is 0.895. The van der Waals surface area contributed by atoms with Crippen molar-refractivity contribution in [1.29, 1.82) is 0 Å². The average molecular weight is 317 g/mol. The van der Waals surface area contributed by atoms with Gasteiger partial charge >= 0.3 is 5.69 Å². The molecule has 7 nitrogen and oxygen atoms in total. The first-order chi connectivity index (χ1) is 11.1. The van der Waals surface area contributed by atoms with Crippen molar-refractivity contribution in [3.05, 3.63) is 34.9 Å². The number of rotatable bonds is 4. The number of piperidine rings is 1. The summed E-state index contributed by atoms with van der Waals surface area (Å²) in [5.74, 6) is 0.0518. The van der Waals surface area contributed by atoms with Crippen LogP contribution in [0.25, 0.3) is 5.65 Å². The Morgan fingerprint density at radius 3 is 3.00 bits per heavy atom. The SMILES string of the molecule is CC(N)C1CCCCN1C(=O)CCn1nc2ccccn2c1=O. The Kier molecular flexibility index (Phi) is 4.47. The zero-order valence-electron chi connectivity index (χ0n) is 13.4. The maximum absolute atomic E-state index is 12.5. The molecule has 0 spiro atoms. The third-order valence-electron chi connectivity index (χ3n) is 4.50. The lowest BCUT2D eigenvalue weighted by molar-refractivity contribution is -0.135. The number of fused-ring (bicyclic) bond motifs is 1. The number of pyridine rings is 1. The Bertz CT molecular complexity index is 748. The van der Waals surface area contributed by atoms with Gasteiger partial charge in [-0.1, -0.05) is 6.07 Å². The summed E-state index contributed by atoms with van der Waals surface area (Å²) in [7, 11) is 0. The van der Waals surface area contributed by atoms with Crippen LogP contribution in [-0.2, 0) is 11.3 Å². The van der Waals surface area contributed by atoms with E-state index in [0.29, 0.717) is 12.2 Å². The lowest BCUT2D eigenvalue weighted by Crippen LogP contribution is -2.51. The summed E-state index contributed by atoms with van der Waals surface area (Å²) in [5, 5.41) is 4.26. The first kappa shape index (κ1) is 15.7. The summed E-state index contributed by atoms with van der Waals surface area (Å²) in [5.41, 5.74) is 6.39. The first-order valence-corrected chi connectivity index (χ1v) is 8.17. The molecule has 2 atom stereocenters. The fraction of sp³-hybridized carbons (Fsp3) is 0.562. The highest BCUT2D eigenvalue weighted by Crippen LogP contribution is 2.20. The second-order valence-corrected chi connectivity index (χ2v) is 6.19. The summed E-state index contributed by atoms with van der Waals surface area (Å²) in [6.45, 7) is 3.00. The number of amides is 1. The van der Waals surface area contributed by atoms with Crippen molar-refractivity contribution in [3.63, 3.8) is 0 Å². The summed E-state index contributed by atoms with van der Waals surface area (Å²) < 4.78 is 2.84. The van der Waals surface area contributed by atoms with Gasteiger partial charge in [-0.25, -0.2) is 9.48 Å². The number of aryl methyl sites for hydroxylation is 1. The van der Waals surface area contributed by atoms with E-state index in [1.54, 1.807) is 18.3 Å². The second kappa shape index (κ2) is 6.54. The molecular formula is C16H23N5O2. The fourth-order valence-electron chi connectivity index (χ4n) is 3.27. The van der Waals surface area contributed by atoms with E-state index in [4.69, 9.17) is 5.73 Å². The zero-order valence-corrected chi connectivity index (χ0v) is 13.4. The highest BCUT2D eigenvalue weighted by molar-refractivity contribution is 5.76. The molecule has 0 bridgehead atoms. The van der Waals surface area contributed by atoms with Crippen LogP contribution in [0.2, 0.25) is 0 Å². The number of hydrogen-bond donors (Lipinski definition) is 1. The van der Waals surface area contributed by atoms with Crippen LogP contribution in [0.1, 0.15) is 32.6 Å². The van der Waals surface area contributed by atoms with Gasteiger partial charge in [0.1, 0.15) is 0 Å². The summed E-state index contributed by atoms with van der Waals surface area (Å²) in [6, 6.07) is 5.47. The minimum absolute atomic E-state index is 0.0304. The number of aromatic nitrogens is 3. The number of likely N-dealkylation sites (tertiary alicyclic amines) is 1. The molecule has 0 aromatic carbocycles. The van der Waals surface area contributed by atoms with E-state index in [1.165, 1.54) is 9.08 Å². The topological polar surface area (TPSA) is 85.6 Å². The molecule has 2 aromatic heterocycles. The van der Waals surface area contributed by atoms with Crippen LogP contribution in [0.15, 0.2) is 29.2 Å². The molecular weight excluding hydrogens is 294 g/mol. The van der Waals surface area contributed by atoms with Crippen molar-refractivity contribution in [2.45, 2.75) is 51.2 Å². The molecule has 2 aromatic rings. The van der Waals surface area contributed by atoms with Crippen LogP contribution in [0, 0.1) is 0 Å². The van der Waals surface area contributed by atoms with Gasteiger partial charge in [-0.15, -0.1) is 5.10 Å². The van der Waals surface area contributed by atoms with E-state index in [-0.39, 0.29) is 30.1 Å². The molecule has 1 aliphatic rings. The highest BCUT2D eigenvalue weighted by Gasteiger charge is 2.28. The van der Waals surface area contributed by atoms with Crippen molar-refractivity contribution >= 4 is 11.6 Å². The van der Waals surface area contributed by atoms with Gasteiger partial charge in [0.15, 0.2) is 5.65 Å². The first-order valence-electron chi connectivity index (χ1n) is 8.17. The van der Waals surface area contributed by atoms with Gasteiger partial charge in [-0.2, -0.15) is 0 Å². The number of carbonyl (C=O) groups is 1. The molecule has 1 saturated heterocycles. The van der Waals surface area contributed by atoms with Gasteiger partial charge in [0.25, 0.3) is 0 Å². The number of nitrogens with zero attached hydrogens (tertiary/aromatic N) is 4. The Morgan fingerprint density at radius 2 is 2.26 bits per heavy atom. The number of carbonyl (C=O) groups excluding carboxylic acids is 1. The van der Waals surface area contributed by atoms with Gasteiger partial charge in [-0.05, 0) is 38.3 Å². The Hall–Kier alpha value is -2.15. The smallest absolute Gasteiger partial charge is 0.338 e. The van der Waals surface area contributed by atoms with Crippen molar-refractivity contribution in [3.8, 4) is 0 Å². The van der Waals surface area contributed by atoms with Gasteiger partial charge in [0.05, 0.1) is 6.54 Å². The van der Waals surface area contributed by atoms with Crippen LogP contribution in [0.3, 0.4) is 0 Å². The van der Waals surface area contributed by atoms with Crippen molar-refractivity contribution < 1.29 is 4.79 Å². The molecule has 23 heavy (non-hydrogen) atoms. The van der Waals surface area contributed by atoms with E-state index in [9.17, 15) is 9.59 Å². The summed E-state index contributed by atoms with van der Waals surface area (Å²) >= 11 is 0. The molecule has 0 saturated carbocycles. The van der Waals surface area contributed by atoms with Gasteiger partial charge in [0.2, 0.25) is 5.91 Å². The van der Waals surface area contributed by atoms with Crippen LogP contribution in [-0.4, -0.2) is 43.6 Å². The third kappa shape index (κ3) is 3.14. The Balaban J connectivity index is 1.70. The van der Waals surface area contributed by atoms with Crippen molar-refractivity contribution in [2.24, 2.45) is 5.73 Å². The van der Waals surface area contributed by atoms with Crippen molar-refractivity contribution in [2.75, 3.05) is 6.54 Å². The van der Waals surface area contributed by atoms with E-state index >= 15 is 0 Å². The maximum atomic E-state index is 12.5. The monoisotopic (exact) mass is 317 g/mol. The van der Waals surface area contributed by atoms with Crippen LogP contribution in [0.4, 0.5) is 0 Å². The summed E-state index contributed by atoms with van der Waals surface area (Å²) in [6.07, 6.45) is 5.04. The van der Waals surface area contributed by atoms with E-state index < -0.39 is 0 Å². The third-order valence-corrected chi connectivity index (χ3v) is 4.50. The molecule has 0 aliphatic carbocycles. The minimum atomic E-state index is -0.212. The van der Waals surface area contributed by atoms with Crippen LogP contribution < -0.4 is 11.4 Å². The summed E-state index contributed by atoms with van der Waals surface area (Å²) in [4.78, 5) is 26.6. The highest BCUT2D eigenvalue weighted by atomic mass is 16.2. The van der Waals surface area contributed by atoms with Gasteiger partial charge in [-0.3, -0.25) is 9.20 Å². The number of nitrogens with two attached hydrogens (primary N) is 1. The average Bonchev–Trinajstić information content (AvgIpc) is 2.89. The molecule has 0 radical (unpaired) electrons. The molecule has 3 heterocycles. The Morgan fingerprint density at radius 1 is 1.43 bits per heavy atom.